The number of anilines is 1. The van der Waals surface area contributed by atoms with Gasteiger partial charge in [0.1, 0.15) is 5.56 Å². The zero-order chi connectivity index (χ0) is 13.2. The van der Waals surface area contributed by atoms with Crippen LogP contribution < -0.4 is 10.1 Å². The number of nitrogens with one attached hydrogen (secondary N) is 1. The molecule has 1 aliphatic heterocycles. The second kappa shape index (κ2) is 4.89. The molecule has 2 aromatic heterocycles. The third-order valence-corrected chi connectivity index (χ3v) is 3.10. The monoisotopic (exact) mass is 278 g/mol. The van der Waals surface area contributed by atoms with Crippen molar-refractivity contribution < 1.29 is 9.53 Å². The molecule has 19 heavy (non-hydrogen) atoms. The largest absolute Gasteiger partial charge is 0.477 e. The van der Waals surface area contributed by atoms with Crippen molar-refractivity contribution in [3.05, 3.63) is 35.2 Å². The molecule has 0 atom stereocenters. The van der Waals surface area contributed by atoms with Gasteiger partial charge in [0.25, 0.3) is 5.91 Å². The number of aryl methyl sites for hydroxylation is 1. The first kappa shape index (κ1) is 12.0. The molecule has 1 N–H and O–H groups in total. The highest BCUT2D eigenvalue weighted by Gasteiger charge is 2.22. The Bertz CT molecular complexity index is 626. The van der Waals surface area contributed by atoms with Gasteiger partial charge in [0.05, 0.1) is 18.5 Å². The van der Waals surface area contributed by atoms with Gasteiger partial charge in [0, 0.05) is 19.2 Å². The summed E-state index contributed by atoms with van der Waals surface area (Å²) in [6.07, 6.45) is 3.95. The zero-order valence-electron chi connectivity index (χ0n) is 9.97. The molecule has 0 bridgehead atoms. The van der Waals surface area contributed by atoms with Crippen LogP contribution in [0.5, 0.6) is 5.88 Å². The van der Waals surface area contributed by atoms with Gasteiger partial charge in [-0.3, -0.25) is 4.79 Å². The molecular formula is C12H11ClN4O2. The van der Waals surface area contributed by atoms with Crippen molar-refractivity contribution in [2.24, 2.45) is 0 Å². The topological polar surface area (TPSA) is 69.0 Å². The van der Waals surface area contributed by atoms with Crippen LogP contribution in [0.1, 0.15) is 16.8 Å². The molecule has 0 unspecified atom stereocenters. The van der Waals surface area contributed by atoms with Crippen LogP contribution in [0.4, 0.5) is 5.69 Å². The van der Waals surface area contributed by atoms with Crippen LogP contribution in [-0.2, 0) is 6.54 Å². The Labute approximate surface area is 114 Å². The fourth-order valence-electron chi connectivity index (χ4n) is 1.89. The number of amides is 1. The van der Waals surface area contributed by atoms with Crippen LogP contribution >= 0.6 is 11.6 Å². The van der Waals surface area contributed by atoms with Gasteiger partial charge in [-0.05, 0) is 12.1 Å². The van der Waals surface area contributed by atoms with Crippen LogP contribution in [0.3, 0.4) is 0 Å². The minimum absolute atomic E-state index is 0.248. The molecule has 0 aliphatic carbocycles. The predicted molar refractivity (Wildman–Crippen MR) is 69.5 cm³/mol. The summed E-state index contributed by atoms with van der Waals surface area (Å²) >= 11 is 5.90. The summed E-state index contributed by atoms with van der Waals surface area (Å²) in [4.78, 5) is 16.1. The van der Waals surface area contributed by atoms with E-state index in [2.05, 4.69) is 15.4 Å². The number of nitrogens with zero attached hydrogens (tertiary/aromatic N) is 3. The molecule has 0 aromatic carbocycles. The predicted octanol–water partition coefficient (Wildman–Crippen LogP) is 1.97. The quantitative estimate of drug-likeness (QED) is 0.853. The fraction of sp³-hybridized carbons (Fsp3) is 0.250. The van der Waals surface area contributed by atoms with Crippen molar-refractivity contribution in [1.82, 2.24) is 14.8 Å². The Morgan fingerprint density at radius 1 is 1.53 bits per heavy atom. The van der Waals surface area contributed by atoms with E-state index in [0.717, 1.165) is 13.0 Å². The number of hydrogen-bond acceptors (Lipinski definition) is 4. The number of carbonyl (C=O) groups is 1. The molecule has 0 spiro atoms. The van der Waals surface area contributed by atoms with E-state index in [0.29, 0.717) is 23.7 Å². The minimum atomic E-state index is -0.307. The summed E-state index contributed by atoms with van der Waals surface area (Å²) in [5.74, 6) is 0.196. The molecule has 6 nitrogen and oxygen atoms in total. The SMILES string of the molecule is O=C(Nc1cccnc1Cl)c1cnn2c1OCCC2. The van der Waals surface area contributed by atoms with Crippen LogP contribution in [0, 0.1) is 0 Å². The molecule has 0 radical (unpaired) electrons. The van der Waals surface area contributed by atoms with Gasteiger partial charge in [0.15, 0.2) is 5.15 Å². The Kier molecular flexibility index (Phi) is 3.08. The van der Waals surface area contributed by atoms with Crippen molar-refractivity contribution >= 4 is 23.2 Å². The standard InChI is InChI=1S/C12H11ClN4O2/c13-10-9(3-1-4-14-10)16-11(18)8-7-15-17-5-2-6-19-12(8)17/h1,3-4,7H,2,5-6H2,(H,16,18). The first-order chi connectivity index (χ1) is 9.25. The van der Waals surface area contributed by atoms with E-state index in [1.165, 1.54) is 6.20 Å². The highest BCUT2D eigenvalue weighted by atomic mass is 35.5. The first-order valence-electron chi connectivity index (χ1n) is 5.86. The van der Waals surface area contributed by atoms with Gasteiger partial charge in [-0.2, -0.15) is 5.10 Å². The average molecular weight is 279 g/mol. The second-order valence-electron chi connectivity index (χ2n) is 4.08. The van der Waals surface area contributed by atoms with Gasteiger partial charge in [0.2, 0.25) is 5.88 Å². The molecule has 0 saturated heterocycles. The van der Waals surface area contributed by atoms with Gasteiger partial charge < -0.3 is 10.1 Å². The lowest BCUT2D eigenvalue weighted by molar-refractivity contribution is 0.102. The molecule has 1 aliphatic rings. The number of rotatable bonds is 2. The summed E-state index contributed by atoms with van der Waals surface area (Å²) in [5, 5.41) is 7.07. The van der Waals surface area contributed by atoms with E-state index in [4.69, 9.17) is 16.3 Å². The fourth-order valence-corrected chi connectivity index (χ4v) is 2.06. The number of pyridine rings is 1. The summed E-state index contributed by atoms with van der Waals surface area (Å²) in [5.41, 5.74) is 0.865. The molecular weight excluding hydrogens is 268 g/mol. The maximum absolute atomic E-state index is 12.2. The third kappa shape index (κ3) is 2.26. The molecule has 3 heterocycles. The number of hydrogen-bond donors (Lipinski definition) is 1. The van der Waals surface area contributed by atoms with Crippen LogP contribution in [0.2, 0.25) is 5.15 Å². The molecule has 3 rings (SSSR count). The van der Waals surface area contributed by atoms with E-state index in [9.17, 15) is 4.79 Å². The number of ether oxygens (including phenoxy) is 1. The summed E-state index contributed by atoms with van der Waals surface area (Å²) in [6.45, 7) is 1.36. The lowest BCUT2D eigenvalue weighted by Gasteiger charge is -2.15. The highest BCUT2D eigenvalue weighted by Crippen LogP contribution is 2.24. The van der Waals surface area contributed by atoms with E-state index < -0.39 is 0 Å². The normalized spacial score (nSPS) is 13.5. The molecule has 2 aromatic rings. The molecule has 1 amide bonds. The zero-order valence-corrected chi connectivity index (χ0v) is 10.7. The number of halogens is 1. The summed E-state index contributed by atoms with van der Waals surface area (Å²) in [7, 11) is 0. The second-order valence-corrected chi connectivity index (χ2v) is 4.44. The number of fused-ring (bicyclic) bond motifs is 1. The maximum atomic E-state index is 12.2. The molecule has 0 fully saturated rings. The van der Waals surface area contributed by atoms with Crippen molar-refractivity contribution in [1.29, 1.82) is 0 Å². The number of aromatic nitrogens is 3. The highest BCUT2D eigenvalue weighted by molar-refractivity contribution is 6.32. The van der Waals surface area contributed by atoms with Crippen molar-refractivity contribution in [3.8, 4) is 5.88 Å². The van der Waals surface area contributed by atoms with Gasteiger partial charge in [-0.1, -0.05) is 11.6 Å². The van der Waals surface area contributed by atoms with Gasteiger partial charge in [-0.15, -0.1) is 0 Å². The van der Waals surface area contributed by atoms with E-state index in [1.54, 1.807) is 23.0 Å². The average Bonchev–Trinajstić information content (AvgIpc) is 2.85. The van der Waals surface area contributed by atoms with E-state index in [-0.39, 0.29) is 11.1 Å². The third-order valence-electron chi connectivity index (χ3n) is 2.80. The Morgan fingerprint density at radius 2 is 2.42 bits per heavy atom. The lowest BCUT2D eigenvalue weighted by atomic mass is 10.3. The van der Waals surface area contributed by atoms with Crippen molar-refractivity contribution in [2.75, 3.05) is 11.9 Å². The molecule has 0 saturated carbocycles. The smallest absolute Gasteiger partial charge is 0.262 e. The minimum Gasteiger partial charge on any atom is -0.477 e. The summed E-state index contributed by atoms with van der Waals surface area (Å²) < 4.78 is 7.16. The van der Waals surface area contributed by atoms with Gasteiger partial charge >= 0.3 is 0 Å². The molecule has 7 heteroatoms. The number of carbonyl (C=O) groups excluding carboxylic acids is 1. The van der Waals surface area contributed by atoms with Crippen molar-refractivity contribution in [3.63, 3.8) is 0 Å². The molecule has 98 valence electrons. The van der Waals surface area contributed by atoms with E-state index in [1.807, 2.05) is 0 Å². The van der Waals surface area contributed by atoms with E-state index >= 15 is 0 Å². The Morgan fingerprint density at radius 3 is 3.26 bits per heavy atom. The first-order valence-corrected chi connectivity index (χ1v) is 6.24. The van der Waals surface area contributed by atoms with Crippen LogP contribution in [0.15, 0.2) is 24.5 Å². The Hall–Kier alpha value is -2.08. The van der Waals surface area contributed by atoms with Crippen molar-refractivity contribution in [2.45, 2.75) is 13.0 Å². The van der Waals surface area contributed by atoms with Gasteiger partial charge in [-0.25, -0.2) is 9.67 Å². The van der Waals surface area contributed by atoms with Crippen LogP contribution in [-0.4, -0.2) is 27.3 Å². The summed E-state index contributed by atoms with van der Waals surface area (Å²) in [6, 6.07) is 3.38. The van der Waals surface area contributed by atoms with Crippen LogP contribution in [0.25, 0.3) is 0 Å². The lowest BCUT2D eigenvalue weighted by Crippen LogP contribution is -2.18. The Balaban J connectivity index is 1.85. The maximum Gasteiger partial charge on any atom is 0.262 e.